The topological polar surface area (TPSA) is 73.9 Å². The van der Waals surface area contributed by atoms with Crippen LogP contribution in [0.2, 0.25) is 5.02 Å². The number of benzene rings is 1. The van der Waals surface area contributed by atoms with E-state index >= 15 is 0 Å². The number of thioether (sulfide) groups is 1. The highest BCUT2D eigenvalue weighted by molar-refractivity contribution is 7.98. The second kappa shape index (κ2) is 10.6. The van der Waals surface area contributed by atoms with Crippen molar-refractivity contribution >= 4 is 46.7 Å². The molecule has 2 rings (SSSR count). The summed E-state index contributed by atoms with van der Waals surface area (Å²) in [7, 11) is 3.41. The molecule has 1 unspecified atom stereocenters. The summed E-state index contributed by atoms with van der Waals surface area (Å²) in [6.07, 6.45) is 2.45. The van der Waals surface area contributed by atoms with Gasteiger partial charge in [0.15, 0.2) is 0 Å². The highest BCUT2D eigenvalue weighted by Gasteiger charge is 2.21. The largest absolute Gasteiger partial charge is 0.467 e. The number of ether oxygens (including phenoxy) is 1. The van der Waals surface area contributed by atoms with Gasteiger partial charge in [-0.2, -0.15) is 11.8 Å². The van der Waals surface area contributed by atoms with Crippen LogP contribution in [-0.4, -0.2) is 75.3 Å². The molecule has 0 aliphatic carbocycles. The molecule has 9 heteroatoms. The first-order valence-electron chi connectivity index (χ1n) is 8.82. The summed E-state index contributed by atoms with van der Waals surface area (Å²) in [5.74, 6) is 0.286. The zero-order chi connectivity index (χ0) is 19.8. The summed E-state index contributed by atoms with van der Waals surface area (Å²) in [5.41, 5.74) is 1.53. The van der Waals surface area contributed by atoms with Crippen LogP contribution in [0.3, 0.4) is 0 Å². The number of hydrogen-bond donors (Lipinski definition) is 2. The molecular weight excluding hydrogens is 388 g/mol. The van der Waals surface area contributed by atoms with Gasteiger partial charge in [0, 0.05) is 31.9 Å². The lowest BCUT2D eigenvalue weighted by Crippen LogP contribution is -2.44. The molecule has 1 heterocycles. The van der Waals surface area contributed by atoms with Crippen LogP contribution in [0.15, 0.2) is 18.2 Å². The molecule has 1 aromatic carbocycles. The summed E-state index contributed by atoms with van der Waals surface area (Å²) in [4.78, 5) is 28.6. The first-order valence-corrected chi connectivity index (χ1v) is 10.6. The van der Waals surface area contributed by atoms with Crippen molar-refractivity contribution in [2.75, 3.05) is 62.6 Å². The fourth-order valence-electron chi connectivity index (χ4n) is 2.84. The molecule has 0 saturated carbocycles. The SMILES string of the molecule is COC(=O)C(CCSC)NC(=O)Nc1ccc(N2CCN(C)CC2)c(Cl)c1. The van der Waals surface area contributed by atoms with Gasteiger partial charge in [-0.15, -0.1) is 0 Å². The minimum atomic E-state index is -0.678. The summed E-state index contributed by atoms with van der Waals surface area (Å²) >= 11 is 8.03. The number of urea groups is 1. The van der Waals surface area contributed by atoms with Crippen LogP contribution in [0, 0.1) is 0 Å². The van der Waals surface area contributed by atoms with E-state index in [9.17, 15) is 9.59 Å². The third-order valence-corrected chi connectivity index (χ3v) is 5.40. The summed E-state index contributed by atoms with van der Waals surface area (Å²) in [5, 5.41) is 5.97. The van der Waals surface area contributed by atoms with E-state index in [2.05, 4.69) is 27.5 Å². The molecular formula is C18H27ClN4O3S. The van der Waals surface area contributed by atoms with Gasteiger partial charge < -0.3 is 25.2 Å². The van der Waals surface area contributed by atoms with Gasteiger partial charge in [0.1, 0.15) is 6.04 Å². The molecule has 0 radical (unpaired) electrons. The molecule has 0 spiro atoms. The minimum absolute atomic E-state index is 0.456. The van der Waals surface area contributed by atoms with E-state index in [1.54, 1.807) is 17.8 Å². The molecule has 0 aromatic heterocycles. The van der Waals surface area contributed by atoms with Crippen LogP contribution in [0.4, 0.5) is 16.2 Å². The fraction of sp³-hybridized carbons (Fsp3) is 0.556. The van der Waals surface area contributed by atoms with Gasteiger partial charge >= 0.3 is 12.0 Å². The number of halogens is 1. The Morgan fingerprint density at radius 3 is 2.59 bits per heavy atom. The van der Waals surface area contributed by atoms with E-state index in [0.29, 0.717) is 17.1 Å². The maximum absolute atomic E-state index is 12.2. The lowest BCUT2D eigenvalue weighted by atomic mass is 10.2. The van der Waals surface area contributed by atoms with Crippen LogP contribution < -0.4 is 15.5 Å². The summed E-state index contributed by atoms with van der Waals surface area (Å²) in [6, 6.07) is 4.31. The third kappa shape index (κ3) is 6.48. The van der Waals surface area contributed by atoms with E-state index in [-0.39, 0.29) is 0 Å². The van der Waals surface area contributed by atoms with Crippen LogP contribution in [0.1, 0.15) is 6.42 Å². The molecule has 1 aromatic rings. The number of anilines is 2. The van der Waals surface area contributed by atoms with Crippen LogP contribution in [0.5, 0.6) is 0 Å². The molecule has 1 atom stereocenters. The number of hydrogen-bond acceptors (Lipinski definition) is 6. The highest BCUT2D eigenvalue weighted by Crippen LogP contribution is 2.29. The number of carbonyl (C=O) groups excluding carboxylic acids is 2. The van der Waals surface area contributed by atoms with Crippen molar-refractivity contribution in [2.45, 2.75) is 12.5 Å². The number of rotatable bonds is 7. The molecule has 7 nitrogen and oxygen atoms in total. The number of carbonyl (C=O) groups is 2. The van der Waals surface area contributed by atoms with E-state index in [0.717, 1.165) is 37.6 Å². The Balaban J connectivity index is 1.97. The second-order valence-corrected chi connectivity index (χ2v) is 7.80. The summed E-state index contributed by atoms with van der Waals surface area (Å²) in [6.45, 7) is 3.81. The van der Waals surface area contributed by atoms with Crippen LogP contribution >= 0.6 is 23.4 Å². The predicted octanol–water partition coefficient (Wildman–Crippen LogP) is 2.51. The highest BCUT2D eigenvalue weighted by atomic mass is 35.5. The van der Waals surface area contributed by atoms with Gasteiger partial charge in [-0.25, -0.2) is 9.59 Å². The van der Waals surface area contributed by atoms with Crippen molar-refractivity contribution in [3.63, 3.8) is 0 Å². The number of likely N-dealkylation sites (N-methyl/N-ethyl adjacent to an activating group) is 1. The van der Waals surface area contributed by atoms with Gasteiger partial charge in [0.25, 0.3) is 0 Å². The zero-order valence-electron chi connectivity index (χ0n) is 16.0. The van der Waals surface area contributed by atoms with Crippen molar-refractivity contribution in [3.8, 4) is 0 Å². The fourth-order valence-corrected chi connectivity index (χ4v) is 3.61. The van der Waals surface area contributed by atoms with Gasteiger partial charge in [-0.1, -0.05) is 11.6 Å². The summed E-state index contributed by atoms with van der Waals surface area (Å²) < 4.78 is 4.75. The first-order chi connectivity index (χ1) is 12.9. The van der Waals surface area contributed by atoms with E-state index in [4.69, 9.17) is 16.3 Å². The second-order valence-electron chi connectivity index (χ2n) is 6.41. The number of esters is 1. The molecule has 2 N–H and O–H groups in total. The van der Waals surface area contributed by atoms with Crippen molar-refractivity contribution in [1.82, 2.24) is 10.2 Å². The normalized spacial score (nSPS) is 15.9. The first kappa shape index (κ1) is 21.7. The number of nitrogens with zero attached hydrogens (tertiary/aromatic N) is 2. The molecule has 0 bridgehead atoms. The predicted molar refractivity (Wildman–Crippen MR) is 112 cm³/mol. The number of amides is 2. The average molecular weight is 415 g/mol. The molecule has 1 fully saturated rings. The Morgan fingerprint density at radius 1 is 1.30 bits per heavy atom. The lowest BCUT2D eigenvalue weighted by molar-refractivity contribution is -0.142. The van der Waals surface area contributed by atoms with Gasteiger partial charge in [0.05, 0.1) is 17.8 Å². The van der Waals surface area contributed by atoms with Crippen LogP contribution in [-0.2, 0) is 9.53 Å². The van der Waals surface area contributed by atoms with Gasteiger partial charge in [-0.05, 0) is 43.7 Å². The standard InChI is InChI=1S/C18H27ClN4O3S/c1-22-7-9-23(10-8-22)16-5-4-13(12-14(16)19)20-18(25)21-15(6-11-27-3)17(24)26-2/h4-5,12,15H,6-11H2,1-3H3,(H2,20,21,25). The minimum Gasteiger partial charge on any atom is -0.467 e. The monoisotopic (exact) mass is 414 g/mol. The van der Waals surface area contributed by atoms with Crippen molar-refractivity contribution in [2.24, 2.45) is 0 Å². The van der Waals surface area contributed by atoms with E-state index in [1.807, 2.05) is 18.4 Å². The maximum Gasteiger partial charge on any atom is 0.328 e. The van der Waals surface area contributed by atoms with Crippen molar-refractivity contribution in [3.05, 3.63) is 23.2 Å². The molecule has 27 heavy (non-hydrogen) atoms. The van der Waals surface area contributed by atoms with Crippen LogP contribution in [0.25, 0.3) is 0 Å². The Kier molecular flexibility index (Phi) is 8.53. The lowest BCUT2D eigenvalue weighted by Gasteiger charge is -2.34. The van der Waals surface area contributed by atoms with Gasteiger partial charge in [-0.3, -0.25) is 0 Å². The quantitative estimate of drug-likeness (QED) is 0.668. The Bertz CT molecular complexity index is 653. The molecule has 2 amide bonds. The molecule has 1 aliphatic rings. The number of nitrogens with one attached hydrogen (secondary N) is 2. The number of methoxy groups -OCH3 is 1. The molecule has 1 saturated heterocycles. The van der Waals surface area contributed by atoms with Crippen molar-refractivity contribution in [1.29, 1.82) is 0 Å². The third-order valence-electron chi connectivity index (χ3n) is 4.45. The Hall–Kier alpha value is -1.64. The molecule has 150 valence electrons. The zero-order valence-corrected chi connectivity index (χ0v) is 17.5. The van der Waals surface area contributed by atoms with Crippen molar-refractivity contribution < 1.29 is 14.3 Å². The van der Waals surface area contributed by atoms with E-state index < -0.39 is 18.0 Å². The maximum atomic E-state index is 12.2. The smallest absolute Gasteiger partial charge is 0.328 e. The van der Waals surface area contributed by atoms with Gasteiger partial charge in [0.2, 0.25) is 0 Å². The Morgan fingerprint density at radius 2 is 2.00 bits per heavy atom. The van der Waals surface area contributed by atoms with E-state index in [1.165, 1.54) is 7.11 Å². The number of piperazine rings is 1. The Labute approximate surface area is 169 Å². The molecule has 1 aliphatic heterocycles. The average Bonchev–Trinajstić information content (AvgIpc) is 2.65.